The molecule has 1 aromatic carbocycles. The number of hydrogen-bond acceptors (Lipinski definition) is 6. The molecule has 1 heterocycles. The number of benzene rings is 1. The van der Waals surface area contributed by atoms with Gasteiger partial charge in [-0.15, -0.1) is 11.8 Å². The predicted octanol–water partition coefficient (Wildman–Crippen LogP) is 4.12. The second-order valence-corrected chi connectivity index (χ2v) is 9.63. The minimum absolute atomic E-state index is 0.00909. The predicted molar refractivity (Wildman–Crippen MR) is 114 cm³/mol. The molecule has 0 spiro atoms. The maximum atomic E-state index is 13.0. The zero-order valence-electron chi connectivity index (χ0n) is 17.5. The van der Waals surface area contributed by atoms with Crippen molar-refractivity contribution < 1.29 is 19.2 Å². The molecular formula is C21H28N2O5S. The number of carbonyl (C=O) groups excluding carboxylic acids is 2. The summed E-state index contributed by atoms with van der Waals surface area (Å²) >= 11 is 1.58. The van der Waals surface area contributed by atoms with E-state index >= 15 is 0 Å². The largest absolute Gasteiger partial charge is 0.464 e. The van der Waals surface area contributed by atoms with E-state index in [1.165, 1.54) is 18.2 Å². The van der Waals surface area contributed by atoms with Crippen LogP contribution in [0.2, 0.25) is 0 Å². The molecule has 7 nitrogen and oxygen atoms in total. The Balaban J connectivity index is 2.20. The second kappa shape index (κ2) is 9.43. The van der Waals surface area contributed by atoms with Gasteiger partial charge in [0, 0.05) is 24.0 Å². The van der Waals surface area contributed by atoms with Crippen LogP contribution in [0.4, 0.5) is 5.69 Å². The Morgan fingerprint density at radius 1 is 1.31 bits per heavy atom. The number of esters is 1. The molecule has 0 aliphatic carbocycles. The fourth-order valence-electron chi connectivity index (χ4n) is 2.93. The molecule has 1 fully saturated rings. The average Bonchev–Trinajstić information content (AvgIpc) is 3.10. The van der Waals surface area contributed by atoms with Crippen molar-refractivity contribution in [1.29, 1.82) is 0 Å². The molecular weight excluding hydrogens is 392 g/mol. The van der Waals surface area contributed by atoms with Crippen molar-refractivity contribution in [2.45, 2.75) is 46.0 Å². The van der Waals surface area contributed by atoms with Crippen molar-refractivity contribution >= 4 is 35.4 Å². The number of rotatable bonds is 6. The lowest BCUT2D eigenvalue weighted by Gasteiger charge is -2.35. The highest BCUT2D eigenvalue weighted by Crippen LogP contribution is 2.41. The van der Waals surface area contributed by atoms with Crippen LogP contribution in [0, 0.1) is 21.4 Å². The normalized spacial score (nSPS) is 19.7. The van der Waals surface area contributed by atoms with Gasteiger partial charge in [-0.05, 0) is 35.1 Å². The van der Waals surface area contributed by atoms with Crippen molar-refractivity contribution in [1.82, 2.24) is 4.90 Å². The molecule has 0 bridgehead atoms. The van der Waals surface area contributed by atoms with Crippen molar-refractivity contribution in [3.63, 3.8) is 0 Å². The molecule has 0 radical (unpaired) electrons. The maximum Gasteiger partial charge on any atom is 0.329 e. The zero-order chi connectivity index (χ0) is 21.8. The summed E-state index contributed by atoms with van der Waals surface area (Å²) in [6, 6.07) is 5.31. The van der Waals surface area contributed by atoms with Crippen LogP contribution in [0.25, 0.3) is 6.08 Å². The molecule has 2 atom stereocenters. The van der Waals surface area contributed by atoms with Gasteiger partial charge in [0.05, 0.1) is 16.9 Å². The van der Waals surface area contributed by atoms with E-state index < -0.39 is 11.0 Å². The summed E-state index contributed by atoms with van der Waals surface area (Å²) < 4.78 is 5.39. The van der Waals surface area contributed by atoms with Crippen LogP contribution in [-0.2, 0) is 14.3 Å². The molecule has 29 heavy (non-hydrogen) atoms. The fourth-order valence-corrected chi connectivity index (χ4v) is 4.50. The lowest BCUT2D eigenvalue weighted by molar-refractivity contribution is -0.384. The van der Waals surface area contributed by atoms with Gasteiger partial charge in [0.1, 0.15) is 6.04 Å². The Morgan fingerprint density at radius 3 is 2.45 bits per heavy atom. The van der Waals surface area contributed by atoms with Gasteiger partial charge in [0.25, 0.3) is 5.69 Å². The van der Waals surface area contributed by atoms with E-state index in [0.717, 1.165) is 0 Å². The average molecular weight is 421 g/mol. The van der Waals surface area contributed by atoms with Gasteiger partial charge < -0.3 is 9.64 Å². The molecule has 0 N–H and O–H groups in total. The minimum atomic E-state index is -0.628. The van der Waals surface area contributed by atoms with Gasteiger partial charge in [0.2, 0.25) is 5.91 Å². The summed E-state index contributed by atoms with van der Waals surface area (Å²) in [5, 5.41) is 10.6. The van der Waals surface area contributed by atoms with Gasteiger partial charge in [-0.2, -0.15) is 0 Å². The number of carbonyl (C=O) groups is 2. The summed E-state index contributed by atoms with van der Waals surface area (Å²) in [5.41, 5.74) is 0.446. The first kappa shape index (κ1) is 22.9. The molecule has 1 amide bonds. The van der Waals surface area contributed by atoms with Gasteiger partial charge in [-0.1, -0.05) is 34.6 Å². The van der Waals surface area contributed by atoms with Crippen molar-refractivity contribution in [3.8, 4) is 0 Å². The number of nitrogens with zero attached hydrogens (tertiary/aromatic N) is 2. The van der Waals surface area contributed by atoms with Crippen LogP contribution < -0.4 is 0 Å². The van der Waals surface area contributed by atoms with Crippen molar-refractivity contribution in [2.24, 2.45) is 11.3 Å². The van der Waals surface area contributed by atoms with E-state index in [1.807, 2.05) is 34.6 Å². The molecule has 1 aromatic rings. The Kier molecular flexibility index (Phi) is 7.46. The summed E-state index contributed by atoms with van der Waals surface area (Å²) in [4.78, 5) is 37.5. The van der Waals surface area contributed by atoms with E-state index in [2.05, 4.69) is 0 Å². The van der Waals surface area contributed by atoms with E-state index in [4.69, 9.17) is 4.74 Å². The van der Waals surface area contributed by atoms with Gasteiger partial charge in [-0.3, -0.25) is 14.9 Å². The highest BCUT2D eigenvalue weighted by Gasteiger charge is 2.46. The van der Waals surface area contributed by atoms with Crippen LogP contribution in [0.3, 0.4) is 0 Å². The number of nitro groups is 1. The van der Waals surface area contributed by atoms with Crippen LogP contribution in [0.1, 0.15) is 40.2 Å². The Morgan fingerprint density at radius 2 is 1.93 bits per heavy atom. The second-order valence-electron chi connectivity index (χ2n) is 8.52. The first-order valence-corrected chi connectivity index (χ1v) is 10.6. The topological polar surface area (TPSA) is 89.8 Å². The minimum Gasteiger partial charge on any atom is -0.464 e. The van der Waals surface area contributed by atoms with Crippen LogP contribution in [0.5, 0.6) is 0 Å². The third-order valence-electron chi connectivity index (χ3n) is 4.35. The summed E-state index contributed by atoms with van der Waals surface area (Å²) in [6.07, 6.45) is 3.01. The van der Waals surface area contributed by atoms with Gasteiger partial charge >= 0.3 is 5.97 Å². The molecule has 0 aromatic heterocycles. The number of non-ortho nitro benzene ring substituents is 1. The Labute approximate surface area is 175 Å². The summed E-state index contributed by atoms with van der Waals surface area (Å²) in [5.74, 6) is 0.0584. The third-order valence-corrected chi connectivity index (χ3v) is 6.11. The first-order chi connectivity index (χ1) is 13.5. The molecule has 158 valence electrons. The van der Waals surface area contributed by atoms with Crippen LogP contribution in [-0.4, -0.2) is 45.5 Å². The number of nitro benzene ring substituents is 1. The van der Waals surface area contributed by atoms with Crippen LogP contribution in [0.15, 0.2) is 30.3 Å². The lowest BCUT2D eigenvalue weighted by Crippen LogP contribution is -2.49. The monoisotopic (exact) mass is 420 g/mol. The molecule has 1 aliphatic heterocycles. The molecule has 8 heteroatoms. The van der Waals surface area contributed by atoms with Crippen LogP contribution >= 0.6 is 11.8 Å². The summed E-state index contributed by atoms with van der Waals surface area (Å²) in [7, 11) is 0. The van der Waals surface area contributed by atoms with Crippen molar-refractivity contribution in [3.05, 3.63) is 46.0 Å². The summed E-state index contributed by atoms with van der Waals surface area (Å²) in [6.45, 7) is 10.3. The van der Waals surface area contributed by atoms with E-state index in [0.29, 0.717) is 17.9 Å². The Hall–Kier alpha value is -2.35. The van der Waals surface area contributed by atoms with E-state index in [9.17, 15) is 19.7 Å². The molecule has 1 aliphatic rings. The maximum absolute atomic E-state index is 13.0. The SMILES string of the molecule is CC(C)COC(=O)C1CSC(C(C)(C)C)N1C(=O)/C=C/c1ccc([N+](=O)[O-])cc1. The van der Waals surface area contributed by atoms with Gasteiger partial charge in [-0.25, -0.2) is 4.79 Å². The molecule has 1 saturated heterocycles. The fraction of sp³-hybridized carbons (Fsp3) is 0.524. The smallest absolute Gasteiger partial charge is 0.329 e. The number of amides is 1. The standard InChI is InChI=1S/C21H28N2O5S/c1-14(2)12-28-19(25)17-13-29-20(21(3,4)5)22(17)18(24)11-8-15-6-9-16(10-7-15)23(26)27/h6-11,14,17,20H,12-13H2,1-5H3/b11-8+. The van der Waals surface area contributed by atoms with E-state index in [-0.39, 0.29) is 34.3 Å². The quantitative estimate of drug-likeness (QED) is 0.298. The first-order valence-electron chi connectivity index (χ1n) is 9.53. The zero-order valence-corrected chi connectivity index (χ0v) is 18.3. The number of ether oxygens (including phenoxy) is 1. The number of thioether (sulfide) groups is 1. The molecule has 2 unspecified atom stereocenters. The number of hydrogen-bond donors (Lipinski definition) is 0. The third kappa shape index (κ3) is 6.06. The van der Waals surface area contributed by atoms with Gasteiger partial charge in [0.15, 0.2) is 0 Å². The lowest BCUT2D eigenvalue weighted by atomic mass is 9.94. The molecule has 2 rings (SSSR count). The Bertz CT molecular complexity index is 783. The molecule has 0 saturated carbocycles. The highest BCUT2D eigenvalue weighted by molar-refractivity contribution is 8.00. The highest BCUT2D eigenvalue weighted by atomic mass is 32.2. The van der Waals surface area contributed by atoms with Crippen molar-refractivity contribution in [2.75, 3.05) is 12.4 Å². The van der Waals surface area contributed by atoms with E-state index in [1.54, 1.807) is 34.9 Å².